The van der Waals surface area contributed by atoms with Crippen molar-refractivity contribution >= 4 is 40.1 Å². The predicted octanol–water partition coefficient (Wildman–Crippen LogP) is 4.08. The summed E-state index contributed by atoms with van der Waals surface area (Å²) in [6.45, 7) is 0.664. The van der Waals surface area contributed by atoms with Crippen molar-refractivity contribution in [1.29, 1.82) is 0 Å². The maximum absolute atomic E-state index is 14.3. The van der Waals surface area contributed by atoms with Crippen molar-refractivity contribution in [2.75, 3.05) is 6.54 Å². The van der Waals surface area contributed by atoms with Gasteiger partial charge in [-0.3, -0.25) is 4.79 Å². The van der Waals surface area contributed by atoms with E-state index in [0.717, 1.165) is 21.5 Å². The molecule has 6 heteroatoms. The largest absolute Gasteiger partial charge is 0.456 e. The van der Waals surface area contributed by atoms with Gasteiger partial charge in [0.1, 0.15) is 12.0 Å². The lowest BCUT2D eigenvalue weighted by molar-refractivity contribution is -0.156. The number of ether oxygens (including phenoxy) is 1. The van der Waals surface area contributed by atoms with Gasteiger partial charge in [-0.15, -0.1) is 0 Å². The van der Waals surface area contributed by atoms with Crippen LogP contribution in [0.25, 0.3) is 0 Å². The van der Waals surface area contributed by atoms with Gasteiger partial charge in [0.15, 0.2) is 0 Å². The number of hydrogen-bond acceptors (Lipinski definition) is 4. The number of β-lactam (4-membered cyclic amide) rings is 1. The lowest BCUT2D eigenvalue weighted by atomic mass is 9.83. The molecule has 0 bridgehead atoms. The van der Waals surface area contributed by atoms with Crippen LogP contribution in [0.15, 0.2) is 121 Å². The maximum atomic E-state index is 14.3. The summed E-state index contributed by atoms with van der Waals surface area (Å²) in [4.78, 5) is 29.6. The first-order chi connectivity index (χ1) is 18.8. The minimum Gasteiger partial charge on any atom is -0.456 e. The molecule has 1 aliphatic rings. The molecule has 1 atom stereocenters. The summed E-state index contributed by atoms with van der Waals surface area (Å²) in [6.07, 6.45) is 0. The molecule has 1 unspecified atom stereocenters. The Bertz CT molecular complexity index is 1390. The third-order valence-corrected chi connectivity index (χ3v) is 11.5. The standard InChI is InChI=1S/C33H32NO4P/c1-33(2,37)29-23-34(30(29)35)31(32(36)38-24-25-15-7-3-8-16-25)39(26-17-9-4-10-18-26,27-19-11-5-12-20-27)28-21-13-6-14-22-28/h3-22,29,37H,23-24H2,1-2H3. The summed E-state index contributed by atoms with van der Waals surface area (Å²) >= 11 is 0. The van der Waals surface area contributed by atoms with Crippen LogP contribution in [-0.4, -0.2) is 39.4 Å². The maximum Gasteiger partial charge on any atom is 0.356 e. The monoisotopic (exact) mass is 537 g/mol. The number of hydrogen-bond donors (Lipinski definition) is 1. The molecule has 1 saturated heterocycles. The molecule has 0 spiro atoms. The number of amides is 1. The molecule has 1 aliphatic heterocycles. The minimum atomic E-state index is -2.91. The van der Waals surface area contributed by atoms with E-state index in [2.05, 4.69) is 0 Å². The van der Waals surface area contributed by atoms with Gasteiger partial charge in [-0.1, -0.05) is 121 Å². The van der Waals surface area contributed by atoms with Crippen molar-refractivity contribution in [3.8, 4) is 0 Å². The van der Waals surface area contributed by atoms with Gasteiger partial charge < -0.3 is 14.7 Å². The third-order valence-electron chi connectivity index (χ3n) is 7.18. The number of esters is 1. The molecular weight excluding hydrogens is 505 g/mol. The highest BCUT2D eigenvalue weighted by Crippen LogP contribution is 2.48. The van der Waals surface area contributed by atoms with E-state index in [1.807, 2.05) is 121 Å². The highest BCUT2D eigenvalue weighted by molar-refractivity contribution is 7.96. The summed E-state index contributed by atoms with van der Waals surface area (Å²) in [7, 11) is 0. The molecule has 1 fully saturated rings. The second-order valence-electron chi connectivity index (χ2n) is 10.2. The molecule has 0 saturated carbocycles. The number of benzene rings is 4. The highest BCUT2D eigenvalue weighted by atomic mass is 31.2. The van der Waals surface area contributed by atoms with E-state index in [1.165, 1.54) is 0 Å². The number of nitrogens with zero attached hydrogens (tertiary/aromatic N) is 1. The van der Waals surface area contributed by atoms with Crippen molar-refractivity contribution in [2.45, 2.75) is 26.1 Å². The van der Waals surface area contributed by atoms with Gasteiger partial charge in [-0.2, -0.15) is 0 Å². The van der Waals surface area contributed by atoms with Gasteiger partial charge in [0.25, 0.3) is 0 Å². The Balaban J connectivity index is 1.82. The van der Waals surface area contributed by atoms with Crippen molar-refractivity contribution in [1.82, 2.24) is 4.90 Å². The third kappa shape index (κ3) is 5.08. The van der Waals surface area contributed by atoms with Crippen LogP contribution in [0.3, 0.4) is 0 Å². The molecule has 4 aromatic carbocycles. The molecule has 1 amide bonds. The molecule has 5 nitrogen and oxygen atoms in total. The lowest BCUT2D eigenvalue weighted by Crippen LogP contribution is -2.64. The molecule has 5 rings (SSSR count). The van der Waals surface area contributed by atoms with Crippen LogP contribution in [0.4, 0.5) is 0 Å². The first kappa shape index (κ1) is 26.7. The zero-order chi connectivity index (χ0) is 27.5. The summed E-state index contributed by atoms with van der Waals surface area (Å²) in [5, 5.41) is 13.5. The van der Waals surface area contributed by atoms with E-state index < -0.39 is 24.4 Å². The average Bonchev–Trinajstić information content (AvgIpc) is 2.96. The fourth-order valence-electron chi connectivity index (χ4n) is 5.13. The van der Waals surface area contributed by atoms with Crippen molar-refractivity contribution in [2.24, 2.45) is 5.92 Å². The quantitative estimate of drug-likeness (QED) is 0.209. The first-order valence-corrected chi connectivity index (χ1v) is 14.8. The van der Waals surface area contributed by atoms with Crippen LogP contribution < -0.4 is 15.9 Å². The van der Waals surface area contributed by atoms with Crippen LogP contribution in [-0.2, 0) is 20.9 Å². The Kier molecular flexibility index (Phi) is 7.56. The fourth-order valence-corrected chi connectivity index (χ4v) is 9.49. The van der Waals surface area contributed by atoms with Gasteiger partial charge in [-0.25, -0.2) is 4.79 Å². The SMILES string of the molecule is CC(C)(O)C1CN(C(C(=O)OCc2ccccc2)=P(c2ccccc2)(c2ccccc2)c2ccccc2)C1=O. The molecule has 0 aromatic heterocycles. The summed E-state index contributed by atoms with van der Waals surface area (Å²) in [5.41, 5.74) is -0.0231. The van der Waals surface area contributed by atoms with Gasteiger partial charge in [0, 0.05) is 13.4 Å². The van der Waals surface area contributed by atoms with Gasteiger partial charge in [-0.05, 0) is 35.3 Å². The van der Waals surface area contributed by atoms with E-state index in [-0.39, 0.29) is 19.1 Å². The Hall–Kier alpha value is -3.92. The van der Waals surface area contributed by atoms with Crippen LogP contribution in [0.1, 0.15) is 19.4 Å². The zero-order valence-corrected chi connectivity index (χ0v) is 23.0. The Morgan fingerprint density at radius 3 is 1.59 bits per heavy atom. The van der Waals surface area contributed by atoms with Crippen LogP contribution in [0, 0.1) is 5.92 Å². The second-order valence-corrected chi connectivity index (χ2v) is 13.5. The smallest absolute Gasteiger partial charge is 0.356 e. The van der Waals surface area contributed by atoms with E-state index in [9.17, 15) is 14.7 Å². The fraction of sp³-hybridized carbons (Fsp3) is 0.182. The van der Waals surface area contributed by atoms with Crippen molar-refractivity contribution in [3.05, 3.63) is 127 Å². The van der Waals surface area contributed by atoms with Crippen LogP contribution in [0.5, 0.6) is 0 Å². The number of rotatable bonds is 8. The molecule has 4 aromatic rings. The Morgan fingerprint density at radius 1 is 0.795 bits per heavy atom. The number of carbonyl (C=O) groups excluding carboxylic acids is 2. The summed E-state index contributed by atoms with van der Waals surface area (Å²) in [5.74, 6) is -1.42. The highest BCUT2D eigenvalue weighted by Gasteiger charge is 2.51. The summed E-state index contributed by atoms with van der Waals surface area (Å²) < 4.78 is 5.98. The number of likely N-dealkylation sites (tertiary alicyclic amines) is 1. The molecule has 39 heavy (non-hydrogen) atoms. The molecule has 0 aliphatic carbocycles. The van der Waals surface area contributed by atoms with E-state index in [4.69, 9.17) is 4.74 Å². The normalized spacial score (nSPS) is 15.4. The van der Waals surface area contributed by atoms with Crippen molar-refractivity contribution < 1.29 is 19.4 Å². The molecule has 1 heterocycles. The number of carbonyl (C=O) groups is 2. The average molecular weight is 538 g/mol. The minimum absolute atomic E-state index is 0.0818. The first-order valence-electron chi connectivity index (χ1n) is 13.0. The second kappa shape index (κ2) is 11.1. The predicted molar refractivity (Wildman–Crippen MR) is 158 cm³/mol. The Labute approximate surface area is 229 Å². The van der Waals surface area contributed by atoms with Crippen LogP contribution in [0.2, 0.25) is 0 Å². The van der Waals surface area contributed by atoms with E-state index >= 15 is 0 Å². The molecule has 198 valence electrons. The van der Waals surface area contributed by atoms with Crippen LogP contribution >= 0.6 is 6.89 Å². The van der Waals surface area contributed by atoms with Gasteiger partial charge >= 0.3 is 5.97 Å². The molecule has 1 N–H and O–H groups in total. The Morgan fingerprint density at radius 2 is 1.21 bits per heavy atom. The topological polar surface area (TPSA) is 66.8 Å². The lowest BCUT2D eigenvalue weighted by Gasteiger charge is -2.47. The van der Waals surface area contributed by atoms with Crippen molar-refractivity contribution in [3.63, 3.8) is 0 Å². The number of aliphatic hydroxyl groups is 1. The van der Waals surface area contributed by atoms with Gasteiger partial charge in [0.05, 0.1) is 11.5 Å². The zero-order valence-electron chi connectivity index (χ0n) is 22.1. The molecular formula is C33H32NO4P. The molecule has 0 radical (unpaired) electrons. The summed E-state index contributed by atoms with van der Waals surface area (Å²) in [6, 6.07) is 39.2. The van der Waals surface area contributed by atoms with E-state index in [1.54, 1.807) is 18.7 Å². The van der Waals surface area contributed by atoms with E-state index in [0.29, 0.717) is 5.42 Å². The van der Waals surface area contributed by atoms with Gasteiger partial charge in [0.2, 0.25) is 5.91 Å².